The molecule has 2 heterocycles. The van der Waals surface area contributed by atoms with Gasteiger partial charge in [0.25, 0.3) is 0 Å². The van der Waals surface area contributed by atoms with Gasteiger partial charge in [-0.3, -0.25) is 0 Å². The molecular weight excluding hydrogens is 364 g/mol. The molecule has 0 N–H and O–H groups in total. The molecule has 0 radical (unpaired) electrons. The Kier molecular flexibility index (Phi) is 4.52. The summed E-state index contributed by atoms with van der Waals surface area (Å²) in [7, 11) is 0. The van der Waals surface area contributed by atoms with Crippen LogP contribution >= 0.6 is 0 Å². The number of nitriles is 1. The Labute approximate surface area is 183 Å². The van der Waals surface area contributed by atoms with Gasteiger partial charge in [-0.1, -0.05) is 47.6 Å². The van der Waals surface area contributed by atoms with Gasteiger partial charge in [-0.15, -0.1) is 0 Å². The molecule has 2 nitrogen and oxygen atoms in total. The van der Waals surface area contributed by atoms with E-state index in [1.165, 1.54) is 40.8 Å². The Morgan fingerprint density at radius 3 is 2.07 bits per heavy atom. The highest BCUT2D eigenvalue weighted by Crippen LogP contribution is 2.52. The van der Waals surface area contributed by atoms with E-state index in [-0.39, 0.29) is 21.8 Å². The highest BCUT2D eigenvalue weighted by Gasteiger charge is 2.57. The quantitative estimate of drug-likeness (QED) is 0.516. The lowest BCUT2D eigenvalue weighted by Crippen LogP contribution is -2.68. The van der Waals surface area contributed by atoms with Gasteiger partial charge >= 0.3 is 0 Å². The van der Waals surface area contributed by atoms with Crippen molar-refractivity contribution in [2.75, 3.05) is 0 Å². The number of hydrogen-bond acceptors (Lipinski definition) is 1. The summed E-state index contributed by atoms with van der Waals surface area (Å²) >= 11 is 0. The first-order valence-corrected chi connectivity index (χ1v) is 11.6. The number of fused-ring (bicyclic) bond motifs is 4. The number of hydrogen-bond donors (Lipinski definition) is 0. The van der Waals surface area contributed by atoms with Crippen molar-refractivity contribution in [3.63, 3.8) is 0 Å². The van der Waals surface area contributed by atoms with Crippen molar-refractivity contribution in [3.8, 4) is 17.3 Å². The van der Waals surface area contributed by atoms with E-state index >= 15 is 0 Å². The van der Waals surface area contributed by atoms with Crippen molar-refractivity contribution in [2.24, 2.45) is 0 Å². The van der Waals surface area contributed by atoms with Crippen LogP contribution in [0.5, 0.6) is 0 Å². The minimum atomic E-state index is -0.0229. The molecule has 0 spiro atoms. The van der Waals surface area contributed by atoms with Crippen LogP contribution in [0.15, 0.2) is 30.5 Å². The lowest BCUT2D eigenvalue weighted by molar-refractivity contribution is -0.765. The van der Waals surface area contributed by atoms with Gasteiger partial charge in [0, 0.05) is 25.0 Å². The summed E-state index contributed by atoms with van der Waals surface area (Å²) in [5, 5.41) is 9.61. The van der Waals surface area contributed by atoms with Crippen LogP contribution in [0.2, 0.25) is 0 Å². The van der Waals surface area contributed by atoms with Crippen LogP contribution in [0.1, 0.15) is 103 Å². The number of benzene rings is 1. The van der Waals surface area contributed by atoms with Crippen LogP contribution < -0.4 is 4.57 Å². The zero-order valence-corrected chi connectivity index (χ0v) is 20.1. The van der Waals surface area contributed by atoms with Crippen molar-refractivity contribution in [1.29, 1.82) is 5.26 Å². The average Bonchev–Trinajstić information content (AvgIpc) is 2.74. The Bertz CT molecular complexity index is 1070. The molecule has 30 heavy (non-hydrogen) atoms. The Morgan fingerprint density at radius 1 is 0.867 bits per heavy atom. The molecule has 158 valence electrons. The van der Waals surface area contributed by atoms with Crippen molar-refractivity contribution in [2.45, 2.75) is 103 Å². The van der Waals surface area contributed by atoms with Crippen LogP contribution in [0, 0.1) is 11.3 Å². The molecular formula is C28H37N2+. The summed E-state index contributed by atoms with van der Waals surface area (Å²) in [6.07, 6.45) is 7.05. The molecule has 1 aliphatic carbocycles. The smallest absolute Gasteiger partial charge is 0.192 e. The van der Waals surface area contributed by atoms with Crippen molar-refractivity contribution in [3.05, 3.63) is 52.7 Å². The first kappa shape index (κ1) is 21.1. The van der Waals surface area contributed by atoms with Gasteiger partial charge in [-0.25, -0.2) is 0 Å². The Hall–Kier alpha value is -2.14. The van der Waals surface area contributed by atoms with Gasteiger partial charge in [-0.2, -0.15) is 9.83 Å². The Morgan fingerprint density at radius 2 is 1.50 bits per heavy atom. The van der Waals surface area contributed by atoms with Gasteiger partial charge in [0.05, 0.1) is 22.6 Å². The maximum absolute atomic E-state index is 9.61. The van der Waals surface area contributed by atoms with E-state index in [9.17, 15) is 5.26 Å². The van der Waals surface area contributed by atoms with E-state index < -0.39 is 0 Å². The predicted molar refractivity (Wildman–Crippen MR) is 124 cm³/mol. The maximum Gasteiger partial charge on any atom is 0.213 e. The van der Waals surface area contributed by atoms with Gasteiger partial charge in [0.15, 0.2) is 11.7 Å². The molecule has 4 rings (SSSR count). The molecule has 2 aliphatic rings. The number of nitrogens with zero attached hydrogens (tertiary/aromatic N) is 2. The summed E-state index contributed by atoms with van der Waals surface area (Å²) < 4.78 is 2.59. The van der Waals surface area contributed by atoms with Crippen LogP contribution in [-0.2, 0) is 21.8 Å². The molecule has 0 saturated heterocycles. The molecule has 2 heteroatoms. The summed E-state index contributed by atoms with van der Waals surface area (Å²) in [6, 6.07) is 11.2. The zero-order valence-electron chi connectivity index (χ0n) is 20.1. The Balaban J connectivity index is 2.16. The molecule has 2 unspecified atom stereocenters. The van der Waals surface area contributed by atoms with Crippen LogP contribution in [-0.4, -0.2) is 0 Å². The lowest BCUT2D eigenvalue weighted by Gasteiger charge is -2.48. The molecule has 1 aromatic carbocycles. The second-order valence-electron chi connectivity index (χ2n) is 11.3. The highest BCUT2D eigenvalue weighted by atomic mass is 15.1. The molecule has 0 fully saturated rings. The van der Waals surface area contributed by atoms with Gasteiger partial charge < -0.3 is 0 Å². The average molecular weight is 402 g/mol. The third-order valence-electron chi connectivity index (χ3n) is 9.06. The summed E-state index contributed by atoms with van der Waals surface area (Å²) in [4.78, 5) is 0. The second kappa shape index (κ2) is 6.43. The van der Waals surface area contributed by atoms with Gasteiger partial charge in [0.2, 0.25) is 5.69 Å². The molecule has 1 aliphatic heterocycles. The SMILES string of the molecule is CCC1(C)c2ccc(C#N)cc2-c2cc3c(c[n+]2C1(C)CC)C(C)(C)CCC3(C)C. The third kappa shape index (κ3) is 2.57. The fraction of sp³-hybridized carbons (Fsp3) is 0.571. The molecule has 1 aromatic heterocycles. The summed E-state index contributed by atoms with van der Waals surface area (Å²) in [5.41, 5.74) is 7.97. The highest BCUT2D eigenvalue weighted by molar-refractivity contribution is 5.69. The standard InChI is InChI=1S/C28H37N2/c1-9-27(7)21-12-11-19(17-29)15-20(21)24-16-22-23(18-30(24)28(27,8)10-2)26(5,6)14-13-25(22,3)4/h11-12,15-16,18H,9-10,13-14H2,1-8H3/q+1. The van der Waals surface area contributed by atoms with Crippen molar-refractivity contribution >= 4 is 0 Å². The fourth-order valence-electron chi connectivity index (χ4n) is 6.16. The first-order chi connectivity index (χ1) is 13.9. The van der Waals surface area contributed by atoms with E-state index in [2.05, 4.69) is 90.4 Å². The minimum Gasteiger partial charge on any atom is -0.192 e. The lowest BCUT2D eigenvalue weighted by atomic mass is 9.59. The molecule has 0 amide bonds. The topological polar surface area (TPSA) is 27.7 Å². The number of aromatic nitrogens is 1. The van der Waals surface area contributed by atoms with Crippen molar-refractivity contribution < 1.29 is 4.57 Å². The number of rotatable bonds is 2. The third-order valence-corrected chi connectivity index (χ3v) is 9.06. The van der Waals surface area contributed by atoms with E-state index in [1.807, 2.05) is 6.07 Å². The van der Waals surface area contributed by atoms with Gasteiger partial charge in [0.1, 0.15) is 0 Å². The maximum atomic E-state index is 9.61. The predicted octanol–water partition coefficient (Wildman–Crippen LogP) is 6.67. The van der Waals surface area contributed by atoms with Crippen LogP contribution in [0.4, 0.5) is 0 Å². The van der Waals surface area contributed by atoms with E-state index in [0.717, 1.165) is 18.4 Å². The first-order valence-electron chi connectivity index (χ1n) is 11.6. The van der Waals surface area contributed by atoms with E-state index in [0.29, 0.717) is 0 Å². The zero-order chi connectivity index (χ0) is 22.1. The van der Waals surface area contributed by atoms with Crippen LogP contribution in [0.25, 0.3) is 11.3 Å². The van der Waals surface area contributed by atoms with Crippen LogP contribution in [0.3, 0.4) is 0 Å². The van der Waals surface area contributed by atoms with E-state index in [1.54, 1.807) is 0 Å². The molecule has 0 saturated carbocycles. The number of pyridine rings is 1. The molecule has 2 atom stereocenters. The fourth-order valence-corrected chi connectivity index (χ4v) is 6.16. The molecule has 0 bridgehead atoms. The second-order valence-corrected chi connectivity index (χ2v) is 11.3. The minimum absolute atomic E-state index is 0.00526. The normalized spacial score (nSPS) is 28.1. The summed E-state index contributed by atoms with van der Waals surface area (Å²) in [5.74, 6) is 0. The van der Waals surface area contributed by atoms with E-state index in [4.69, 9.17) is 0 Å². The largest absolute Gasteiger partial charge is 0.213 e. The molecule has 2 aromatic rings. The summed E-state index contributed by atoms with van der Waals surface area (Å²) in [6.45, 7) is 19.1. The van der Waals surface area contributed by atoms with Crippen molar-refractivity contribution in [1.82, 2.24) is 0 Å². The van der Waals surface area contributed by atoms with Gasteiger partial charge in [-0.05, 0) is 60.3 Å². The monoisotopic (exact) mass is 401 g/mol.